The van der Waals surface area contributed by atoms with Gasteiger partial charge < -0.3 is 14.2 Å². The fourth-order valence-electron chi connectivity index (χ4n) is 8.27. The van der Waals surface area contributed by atoms with Crippen molar-refractivity contribution in [2.24, 2.45) is 0 Å². The van der Waals surface area contributed by atoms with Gasteiger partial charge in [-0.3, -0.25) is 14.4 Å². The maximum Gasteiger partial charge on any atom is 0.306 e. The highest BCUT2D eigenvalue weighted by molar-refractivity contribution is 5.71. The van der Waals surface area contributed by atoms with Gasteiger partial charge >= 0.3 is 17.9 Å². The molecule has 0 saturated carbocycles. The molecule has 1 atom stereocenters. The summed E-state index contributed by atoms with van der Waals surface area (Å²) in [7, 11) is 0. The summed E-state index contributed by atoms with van der Waals surface area (Å²) in [6, 6.07) is 0. The summed E-state index contributed by atoms with van der Waals surface area (Å²) < 4.78 is 16.8. The maximum absolute atomic E-state index is 12.9. The molecule has 0 aliphatic heterocycles. The lowest BCUT2D eigenvalue weighted by molar-refractivity contribution is -0.167. The maximum atomic E-state index is 12.9. The number of ether oxygens (including phenoxy) is 3. The van der Waals surface area contributed by atoms with Gasteiger partial charge in [-0.15, -0.1) is 0 Å². The molecule has 0 aromatic heterocycles. The average Bonchev–Trinajstić information content (AvgIpc) is 3.38. The summed E-state index contributed by atoms with van der Waals surface area (Å²) >= 11 is 0. The van der Waals surface area contributed by atoms with Crippen LogP contribution in [0.1, 0.15) is 284 Å². The molecule has 0 amide bonds. The molecule has 412 valence electrons. The van der Waals surface area contributed by atoms with E-state index in [2.05, 4.69) is 118 Å². The Hall–Kier alpha value is -3.67. The molecule has 0 radical (unpaired) electrons. The molecule has 0 aromatic rings. The number of carbonyl (C=O) groups is 3. The second-order valence-corrected chi connectivity index (χ2v) is 19.9. The quantitative estimate of drug-likeness (QED) is 0.0261. The van der Waals surface area contributed by atoms with Crippen LogP contribution in [0.3, 0.4) is 0 Å². The predicted molar refractivity (Wildman–Crippen MR) is 311 cm³/mol. The zero-order valence-corrected chi connectivity index (χ0v) is 47.2. The van der Waals surface area contributed by atoms with Gasteiger partial charge in [0.2, 0.25) is 0 Å². The number of rotatable bonds is 54. The summed E-state index contributed by atoms with van der Waals surface area (Å²) in [6.07, 6.45) is 79.8. The van der Waals surface area contributed by atoms with Gasteiger partial charge in [0.05, 0.1) is 0 Å². The van der Waals surface area contributed by atoms with Gasteiger partial charge in [0.15, 0.2) is 6.10 Å². The van der Waals surface area contributed by atoms with Crippen LogP contribution in [-0.2, 0) is 28.6 Å². The molecule has 0 N–H and O–H groups in total. The molecule has 1 unspecified atom stereocenters. The third-order valence-corrected chi connectivity index (χ3v) is 12.8. The van der Waals surface area contributed by atoms with Crippen LogP contribution in [0, 0.1) is 0 Å². The topological polar surface area (TPSA) is 78.9 Å². The molecule has 6 nitrogen and oxygen atoms in total. The van der Waals surface area contributed by atoms with Crippen LogP contribution in [0.15, 0.2) is 97.2 Å². The van der Waals surface area contributed by atoms with Crippen LogP contribution in [0.2, 0.25) is 0 Å². The van der Waals surface area contributed by atoms with Crippen molar-refractivity contribution in [1.29, 1.82) is 0 Å². The van der Waals surface area contributed by atoms with Crippen molar-refractivity contribution in [3.05, 3.63) is 97.2 Å². The third-order valence-electron chi connectivity index (χ3n) is 12.8. The second-order valence-electron chi connectivity index (χ2n) is 19.9. The van der Waals surface area contributed by atoms with E-state index in [1.54, 1.807) is 0 Å². The van der Waals surface area contributed by atoms with Crippen LogP contribution < -0.4 is 0 Å². The van der Waals surface area contributed by atoms with Crippen molar-refractivity contribution in [2.45, 2.75) is 290 Å². The monoisotopic (exact) mass is 1000 g/mol. The number of unbranched alkanes of at least 4 members (excludes halogenated alkanes) is 27. The number of hydrogen-bond acceptors (Lipinski definition) is 6. The average molecular weight is 1000 g/mol. The Morgan fingerprint density at radius 1 is 0.292 bits per heavy atom. The minimum atomic E-state index is -0.810. The van der Waals surface area contributed by atoms with E-state index in [0.29, 0.717) is 19.3 Å². The largest absolute Gasteiger partial charge is 0.462 e. The van der Waals surface area contributed by atoms with Crippen LogP contribution in [0.25, 0.3) is 0 Å². The van der Waals surface area contributed by atoms with Crippen molar-refractivity contribution >= 4 is 17.9 Å². The summed E-state index contributed by atoms with van der Waals surface area (Å²) in [6.45, 7) is 6.48. The Bertz CT molecular complexity index is 1430. The standard InChI is InChI=1S/C66H112O6/c1-4-7-10-13-16-19-22-25-28-31-33-36-38-41-44-47-50-53-56-59-65(68)71-62-63(61-70-64(67)58-55-52-49-46-43-40-37-34-30-27-24-21-18-15-12-9-6-3)72-66(69)60-57-54-51-48-45-42-39-35-32-29-26-23-20-17-14-11-8-5-2/h7,10,16,19,25,27-28,30,33,35-37,39-40,46,49,63H,4-6,8-9,11-15,17-18,20-24,26,29,31-32,34,38,41-45,47-48,50-62H2,1-3H3/b10-7-,19-16-,28-25-,30-27-,36-33-,39-35-,40-37-,49-46-. The van der Waals surface area contributed by atoms with E-state index < -0.39 is 6.10 Å². The normalized spacial score (nSPS) is 12.8. The van der Waals surface area contributed by atoms with Gasteiger partial charge in [0.1, 0.15) is 13.2 Å². The fraction of sp³-hybridized carbons (Fsp3) is 0.712. The van der Waals surface area contributed by atoms with Crippen LogP contribution in [0.4, 0.5) is 0 Å². The van der Waals surface area contributed by atoms with E-state index in [0.717, 1.165) is 109 Å². The molecular weight excluding hydrogens is 889 g/mol. The smallest absolute Gasteiger partial charge is 0.306 e. The summed E-state index contributed by atoms with van der Waals surface area (Å²) in [5.41, 5.74) is 0. The van der Waals surface area contributed by atoms with Crippen LogP contribution in [0.5, 0.6) is 0 Å². The Balaban J connectivity index is 4.49. The molecule has 0 aliphatic rings. The molecule has 0 aromatic carbocycles. The summed E-state index contributed by atoms with van der Waals surface area (Å²) in [5, 5.41) is 0. The van der Waals surface area contributed by atoms with E-state index in [1.807, 2.05) is 0 Å². The van der Waals surface area contributed by atoms with E-state index in [-0.39, 0.29) is 37.5 Å². The predicted octanol–water partition coefficient (Wildman–Crippen LogP) is 20.5. The molecular formula is C66H112O6. The molecule has 6 heteroatoms. The zero-order chi connectivity index (χ0) is 52.2. The van der Waals surface area contributed by atoms with Gasteiger partial charge in [-0.25, -0.2) is 0 Å². The number of hydrogen-bond donors (Lipinski definition) is 0. The number of esters is 3. The van der Waals surface area contributed by atoms with Crippen molar-refractivity contribution in [2.75, 3.05) is 13.2 Å². The molecule has 0 aliphatic carbocycles. The number of carbonyl (C=O) groups excluding carboxylic acids is 3. The first-order valence-corrected chi connectivity index (χ1v) is 30.2. The van der Waals surface area contributed by atoms with E-state index in [1.165, 1.54) is 128 Å². The number of allylic oxidation sites excluding steroid dienone is 16. The lowest BCUT2D eigenvalue weighted by Gasteiger charge is -2.18. The molecule has 0 spiro atoms. The van der Waals surface area contributed by atoms with Crippen LogP contribution in [-0.4, -0.2) is 37.2 Å². The van der Waals surface area contributed by atoms with Crippen molar-refractivity contribution in [1.82, 2.24) is 0 Å². The third kappa shape index (κ3) is 57.2. The highest BCUT2D eigenvalue weighted by atomic mass is 16.6. The van der Waals surface area contributed by atoms with Crippen LogP contribution >= 0.6 is 0 Å². The molecule has 0 saturated heterocycles. The minimum absolute atomic E-state index is 0.104. The molecule has 0 rings (SSSR count). The molecule has 0 bridgehead atoms. The van der Waals surface area contributed by atoms with Gasteiger partial charge in [0.25, 0.3) is 0 Å². The van der Waals surface area contributed by atoms with E-state index in [4.69, 9.17) is 14.2 Å². The lowest BCUT2D eigenvalue weighted by Crippen LogP contribution is -2.30. The Labute approximate surface area is 445 Å². The minimum Gasteiger partial charge on any atom is -0.462 e. The van der Waals surface area contributed by atoms with Crippen molar-refractivity contribution in [3.63, 3.8) is 0 Å². The first-order chi connectivity index (χ1) is 35.5. The highest BCUT2D eigenvalue weighted by Gasteiger charge is 2.19. The van der Waals surface area contributed by atoms with Gasteiger partial charge in [-0.2, -0.15) is 0 Å². The van der Waals surface area contributed by atoms with E-state index >= 15 is 0 Å². The van der Waals surface area contributed by atoms with E-state index in [9.17, 15) is 14.4 Å². The zero-order valence-electron chi connectivity index (χ0n) is 47.2. The van der Waals surface area contributed by atoms with Crippen molar-refractivity contribution < 1.29 is 28.6 Å². The van der Waals surface area contributed by atoms with Gasteiger partial charge in [-0.1, -0.05) is 246 Å². The first-order valence-electron chi connectivity index (χ1n) is 30.2. The molecule has 0 fully saturated rings. The summed E-state index contributed by atoms with van der Waals surface area (Å²) in [4.78, 5) is 38.2. The Morgan fingerprint density at radius 3 is 0.917 bits per heavy atom. The van der Waals surface area contributed by atoms with Gasteiger partial charge in [0, 0.05) is 19.3 Å². The lowest BCUT2D eigenvalue weighted by atomic mass is 10.1. The molecule has 0 heterocycles. The Morgan fingerprint density at radius 2 is 0.556 bits per heavy atom. The highest BCUT2D eigenvalue weighted by Crippen LogP contribution is 2.15. The Kier molecular flexibility index (Phi) is 56.8. The SMILES string of the molecule is CC/C=C\C/C=C\C/C=C\C/C=C\CCCCCCCCC(=O)OCC(COC(=O)CCC/C=C\C/C=C\C/C=C\CCCCCCCC)OC(=O)CCCCCCC/C=C\CCCCCCCCCCC. The second kappa shape index (κ2) is 59.9. The van der Waals surface area contributed by atoms with Gasteiger partial charge in [-0.05, 0) is 116 Å². The molecule has 72 heavy (non-hydrogen) atoms. The fourth-order valence-corrected chi connectivity index (χ4v) is 8.27. The first kappa shape index (κ1) is 68.3. The van der Waals surface area contributed by atoms with Crippen molar-refractivity contribution in [3.8, 4) is 0 Å². The summed E-state index contributed by atoms with van der Waals surface area (Å²) in [5.74, 6) is -0.973.